The smallest absolute Gasteiger partial charge is 0.333 e. The van der Waals surface area contributed by atoms with Gasteiger partial charge in [-0.05, 0) is 31.0 Å². The number of carbonyl (C=O) groups excluding carboxylic acids is 1. The lowest BCUT2D eigenvalue weighted by Gasteiger charge is -2.27. The molecule has 1 aromatic carbocycles. The molecule has 0 bridgehead atoms. The van der Waals surface area contributed by atoms with Gasteiger partial charge < -0.3 is 10.4 Å². The van der Waals surface area contributed by atoms with Gasteiger partial charge in [0, 0.05) is 12.7 Å². The number of hydrogen-bond acceptors (Lipinski definition) is 4. The lowest BCUT2D eigenvalue weighted by Crippen LogP contribution is -2.49. The number of amides is 1. The van der Waals surface area contributed by atoms with Crippen LogP contribution in [0.3, 0.4) is 0 Å². The fourth-order valence-electron chi connectivity index (χ4n) is 1.89. The van der Waals surface area contributed by atoms with Gasteiger partial charge in [-0.25, -0.2) is 13.2 Å². The zero-order valence-corrected chi connectivity index (χ0v) is 14.9. The lowest BCUT2D eigenvalue weighted by molar-refractivity contribution is -0.147. The number of carboxylic acids is 1. The highest BCUT2D eigenvalue weighted by Gasteiger charge is 2.37. The van der Waals surface area contributed by atoms with Gasteiger partial charge in [0.25, 0.3) is 0 Å². The maximum absolute atomic E-state index is 11.9. The van der Waals surface area contributed by atoms with E-state index in [0.717, 1.165) is 6.26 Å². The summed E-state index contributed by atoms with van der Waals surface area (Å²) in [6.07, 6.45) is 1.08. The van der Waals surface area contributed by atoms with Crippen LogP contribution < -0.4 is 5.32 Å². The molecule has 1 atom stereocenters. The van der Waals surface area contributed by atoms with Gasteiger partial charge in [0.05, 0.1) is 15.8 Å². The highest BCUT2D eigenvalue weighted by molar-refractivity contribution is 7.90. The molecule has 0 aliphatic heterocycles. The van der Waals surface area contributed by atoms with Gasteiger partial charge in [0.15, 0.2) is 5.54 Å². The predicted molar refractivity (Wildman–Crippen MR) is 88.5 cm³/mol. The van der Waals surface area contributed by atoms with Crippen molar-refractivity contribution in [3.05, 3.63) is 33.8 Å². The quantitative estimate of drug-likeness (QED) is 0.753. The summed E-state index contributed by atoms with van der Waals surface area (Å²) in [5.41, 5.74) is -1.44. The number of aliphatic carboxylic acids is 1. The van der Waals surface area contributed by atoms with Crippen LogP contribution in [0, 0.1) is 0 Å². The second-order valence-corrected chi connectivity index (χ2v) is 8.41. The van der Waals surface area contributed by atoms with E-state index in [2.05, 4.69) is 5.32 Å². The van der Waals surface area contributed by atoms with E-state index in [0.29, 0.717) is 0 Å². The number of benzene rings is 1. The molecule has 0 radical (unpaired) electrons. The molecule has 0 fully saturated rings. The molecule has 128 valence electrons. The third-order valence-electron chi connectivity index (χ3n) is 3.23. The Balaban J connectivity index is 2.91. The van der Waals surface area contributed by atoms with Crippen LogP contribution in [-0.4, -0.2) is 37.4 Å². The maximum Gasteiger partial charge on any atom is 0.333 e. The second-order valence-electron chi connectivity index (χ2n) is 5.34. The average molecular weight is 382 g/mol. The first-order valence-corrected chi connectivity index (χ1v) is 9.45. The van der Waals surface area contributed by atoms with Crippen LogP contribution in [0.2, 0.25) is 10.0 Å². The molecule has 1 unspecified atom stereocenters. The van der Waals surface area contributed by atoms with Gasteiger partial charge in [0.2, 0.25) is 5.91 Å². The summed E-state index contributed by atoms with van der Waals surface area (Å²) in [4.78, 5) is 23.5. The molecular weight excluding hydrogens is 365 g/mol. The van der Waals surface area contributed by atoms with Crippen molar-refractivity contribution in [2.75, 3.05) is 12.0 Å². The van der Waals surface area contributed by atoms with E-state index >= 15 is 0 Å². The maximum atomic E-state index is 11.9. The molecule has 0 saturated carbocycles. The number of hydrogen-bond donors (Lipinski definition) is 2. The number of carboxylic acid groups (broad SMARTS) is 1. The number of carbonyl (C=O) groups is 2. The highest BCUT2D eigenvalue weighted by atomic mass is 35.5. The third-order valence-corrected chi connectivity index (χ3v) is 5.00. The van der Waals surface area contributed by atoms with Gasteiger partial charge >= 0.3 is 5.97 Å². The lowest BCUT2D eigenvalue weighted by atomic mass is 9.92. The van der Waals surface area contributed by atoms with E-state index in [1.165, 1.54) is 25.1 Å². The van der Waals surface area contributed by atoms with Crippen molar-refractivity contribution in [1.82, 2.24) is 5.32 Å². The molecule has 0 aliphatic rings. The number of rotatable bonds is 7. The van der Waals surface area contributed by atoms with Gasteiger partial charge in [-0.2, -0.15) is 0 Å². The van der Waals surface area contributed by atoms with E-state index in [-0.39, 0.29) is 34.2 Å². The minimum absolute atomic E-state index is 0.0999. The van der Waals surface area contributed by atoms with Crippen LogP contribution in [0.15, 0.2) is 18.2 Å². The van der Waals surface area contributed by atoms with Crippen molar-refractivity contribution < 1.29 is 23.1 Å². The van der Waals surface area contributed by atoms with E-state index in [1.807, 2.05) is 0 Å². The van der Waals surface area contributed by atoms with Gasteiger partial charge in [0.1, 0.15) is 9.84 Å². The summed E-state index contributed by atoms with van der Waals surface area (Å²) in [7, 11) is -3.17. The van der Waals surface area contributed by atoms with Gasteiger partial charge in [-0.15, -0.1) is 0 Å². The molecule has 23 heavy (non-hydrogen) atoms. The summed E-state index contributed by atoms with van der Waals surface area (Å²) in [6.45, 7) is 1.32. The molecule has 0 saturated heterocycles. The Morgan fingerprint density at radius 3 is 2.35 bits per heavy atom. The van der Waals surface area contributed by atoms with Crippen LogP contribution in [0.5, 0.6) is 0 Å². The molecule has 0 aliphatic carbocycles. The fourth-order valence-corrected chi connectivity index (χ4v) is 2.86. The topological polar surface area (TPSA) is 101 Å². The normalized spacial score (nSPS) is 14.1. The van der Waals surface area contributed by atoms with Crippen molar-refractivity contribution >= 4 is 44.9 Å². The van der Waals surface area contributed by atoms with Crippen molar-refractivity contribution in [3.8, 4) is 0 Å². The number of sulfone groups is 1. The zero-order chi connectivity index (χ0) is 17.8. The van der Waals surface area contributed by atoms with Crippen molar-refractivity contribution in [2.24, 2.45) is 0 Å². The number of nitrogens with one attached hydrogen (secondary N) is 1. The first-order chi connectivity index (χ1) is 10.5. The molecule has 1 amide bonds. The second kappa shape index (κ2) is 7.51. The Hall–Kier alpha value is -1.31. The molecule has 0 heterocycles. The monoisotopic (exact) mass is 381 g/mol. The summed E-state index contributed by atoms with van der Waals surface area (Å²) >= 11 is 11.7. The van der Waals surface area contributed by atoms with Crippen LogP contribution in [-0.2, 0) is 25.0 Å². The van der Waals surface area contributed by atoms with Crippen LogP contribution in [0.4, 0.5) is 0 Å². The first kappa shape index (κ1) is 19.7. The molecule has 2 N–H and O–H groups in total. The van der Waals surface area contributed by atoms with E-state index in [4.69, 9.17) is 23.2 Å². The Kier molecular flexibility index (Phi) is 6.44. The molecule has 1 aromatic rings. The minimum Gasteiger partial charge on any atom is -0.479 e. The van der Waals surface area contributed by atoms with E-state index < -0.39 is 27.3 Å². The Morgan fingerprint density at radius 2 is 1.87 bits per heavy atom. The Labute approximate surface area is 144 Å². The summed E-state index contributed by atoms with van der Waals surface area (Å²) < 4.78 is 22.1. The molecule has 9 heteroatoms. The number of halogens is 2. The Morgan fingerprint density at radius 1 is 1.26 bits per heavy atom. The average Bonchev–Trinajstić information content (AvgIpc) is 2.39. The SMILES string of the molecule is CC(NC(=O)CCCS(C)(=O)=O)(C(=O)O)c1ccc(Cl)c(Cl)c1. The molecule has 1 rings (SSSR count). The Bertz CT molecular complexity index is 720. The molecule has 0 aromatic heterocycles. The van der Waals surface area contributed by atoms with Crippen LogP contribution in [0.1, 0.15) is 25.3 Å². The van der Waals surface area contributed by atoms with Crippen LogP contribution >= 0.6 is 23.2 Å². The highest BCUT2D eigenvalue weighted by Crippen LogP contribution is 2.29. The van der Waals surface area contributed by atoms with Crippen molar-refractivity contribution in [2.45, 2.75) is 25.3 Å². The largest absolute Gasteiger partial charge is 0.479 e. The third kappa shape index (κ3) is 5.67. The summed E-state index contributed by atoms with van der Waals surface area (Å²) in [5, 5.41) is 12.3. The first-order valence-electron chi connectivity index (χ1n) is 6.63. The molecule has 6 nitrogen and oxygen atoms in total. The zero-order valence-electron chi connectivity index (χ0n) is 12.6. The van der Waals surface area contributed by atoms with Crippen molar-refractivity contribution in [3.63, 3.8) is 0 Å². The van der Waals surface area contributed by atoms with E-state index in [9.17, 15) is 23.1 Å². The van der Waals surface area contributed by atoms with Crippen LogP contribution in [0.25, 0.3) is 0 Å². The fraction of sp³-hybridized carbons (Fsp3) is 0.429. The minimum atomic E-state index is -3.17. The van der Waals surface area contributed by atoms with E-state index in [1.54, 1.807) is 0 Å². The summed E-state index contributed by atoms with van der Waals surface area (Å²) in [5.74, 6) is -1.98. The predicted octanol–water partition coefficient (Wildman–Crippen LogP) is 2.23. The molecule has 0 spiro atoms. The van der Waals surface area contributed by atoms with Gasteiger partial charge in [-0.1, -0.05) is 29.3 Å². The van der Waals surface area contributed by atoms with Gasteiger partial charge in [-0.3, -0.25) is 4.79 Å². The summed E-state index contributed by atoms with van der Waals surface area (Å²) in [6, 6.07) is 4.27. The van der Waals surface area contributed by atoms with Crippen molar-refractivity contribution in [1.29, 1.82) is 0 Å². The molecular formula is C14H17Cl2NO5S. The standard InChI is InChI=1S/C14H17Cl2NO5S/c1-14(13(19)20,9-5-6-10(15)11(16)8-9)17-12(18)4-3-7-23(2,21)22/h5-6,8H,3-4,7H2,1-2H3,(H,17,18)(H,19,20).